The highest BCUT2D eigenvalue weighted by atomic mass is 16.5. The van der Waals surface area contributed by atoms with Crippen molar-refractivity contribution in [2.24, 2.45) is 5.41 Å². The predicted molar refractivity (Wildman–Crippen MR) is 86.3 cm³/mol. The molecule has 1 aliphatic carbocycles. The molecule has 21 heavy (non-hydrogen) atoms. The zero-order chi connectivity index (χ0) is 15.3. The lowest BCUT2D eigenvalue weighted by molar-refractivity contribution is -0.148. The summed E-state index contributed by atoms with van der Waals surface area (Å²) in [5.41, 5.74) is 0.398. The van der Waals surface area contributed by atoms with Gasteiger partial charge in [-0.1, -0.05) is 33.1 Å². The minimum Gasteiger partial charge on any atom is -0.466 e. The van der Waals surface area contributed by atoms with Gasteiger partial charge in [0.15, 0.2) is 0 Å². The van der Waals surface area contributed by atoms with Crippen LogP contribution in [0.3, 0.4) is 0 Å². The van der Waals surface area contributed by atoms with E-state index in [2.05, 4.69) is 18.7 Å². The van der Waals surface area contributed by atoms with Crippen LogP contribution in [0, 0.1) is 5.41 Å². The van der Waals surface area contributed by atoms with Gasteiger partial charge in [0.1, 0.15) is 0 Å². The van der Waals surface area contributed by atoms with Gasteiger partial charge in [-0.2, -0.15) is 0 Å². The fourth-order valence-corrected chi connectivity index (χ4v) is 4.52. The Hall–Kier alpha value is -0.570. The molecule has 3 nitrogen and oxygen atoms in total. The zero-order valence-corrected chi connectivity index (χ0v) is 14.2. The highest BCUT2D eigenvalue weighted by Gasteiger charge is 2.45. The maximum Gasteiger partial charge on any atom is 0.307 e. The summed E-state index contributed by atoms with van der Waals surface area (Å²) in [5.74, 6) is -0.000512. The SMILES string of the molecule is CCOC(=O)CC1(N2CCCCCC2)CCCC(C)(C)C1. The summed E-state index contributed by atoms with van der Waals surface area (Å²) in [6.07, 6.45) is 10.7. The van der Waals surface area contributed by atoms with Gasteiger partial charge in [-0.3, -0.25) is 9.69 Å². The van der Waals surface area contributed by atoms with Crippen molar-refractivity contribution in [2.75, 3.05) is 19.7 Å². The summed E-state index contributed by atoms with van der Waals surface area (Å²) >= 11 is 0. The van der Waals surface area contributed by atoms with Crippen LogP contribution in [0.25, 0.3) is 0 Å². The lowest BCUT2D eigenvalue weighted by Crippen LogP contribution is -2.54. The standard InChI is InChI=1S/C18H33NO2/c1-4-21-16(20)14-18(11-9-10-17(2,3)15-18)19-12-7-5-6-8-13-19/h4-15H2,1-3H3. The highest BCUT2D eigenvalue weighted by Crippen LogP contribution is 2.46. The van der Waals surface area contributed by atoms with Gasteiger partial charge in [-0.05, 0) is 57.5 Å². The third kappa shape index (κ3) is 4.45. The molecule has 0 bridgehead atoms. The van der Waals surface area contributed by atoms with Gasteiger partial charge in [-0.25, -0.2) is 0 Å². The van der Waals surface area contributed by atoms with E-state index in [0.29, 0.717) is 18.4 Å². The number of nitrogens with zero attached hydrogens (tertiary/aromatic N) is 1. The lowest BCUT2D eigenvalue weighted by atomic mass is 9.66. The van der Waals surface area contributed by atoms with E-state index in [4.69, 9.17) is 4.74 Å². The van der Waals surface area contributed by atoms with E-state index in [0.717, 1.165) is 25.9 Å². The van der Waals surface area contributed by atoms with Gasteiger partial charge in [0.05, 0.1) is 13.0 Å². The van der Waals surface area contributed by atoms with Crippen molar-refractivity contribution in [2.45, 2.75) is 84.1 Å². The first-order valence-corrected chi connectivity index (χ1v) is 8.88. The summed E-state index contributed by atoms with van der Waals surface area (Å²) in [7, 11) is 0. The summed E-state index contributed by atoms with van der Waals surface area (Å²) in [6.45, 7) is 9.46. The summed E-state index contributed by atoms with van der Waals surface area (Å²) in [4.78, 5) is 14.9. The van der Waals surface area contributed by atoms with Gasteiger partial charge in [0.25, 0.3) is 0 Å². The van der Waals surface area contributed by atoms with E-state index in [9.17, 15) is 4.79 Å². The highest BCUT2D eigenvalue weighted by molar-refractivity contribution is 5.71. The molecular weight excluding hydrogens is 262 g/mol. The molecule has 1 saturated carbocycles. The maximum absolute atomic E-state index is 12.2. The summed E-state index contributed by atoms with van der Waals surface area (Å²) in [6, 6.07) is 0. The van der Waals surface area contributed by atoms with Crippen LogP contribution in [-0.2, 0) is 9.53 Å². The molecule has 2 aliphatic rings. The van der Waals surface area contributed by atoms with E-state index in [1.807, 2.05) is 6.92 Å². The number of ether oxygens (including phenoxy) is 1. The number of hydrogen-bond donors (Lipinski definition) is 0. The first-order chi connectivity index (χ1) is 9.97. The Kier molecular flexibility index (Phi) is 5.70. The van der Waals surface area contributed by atoms with E-state index < -0.39 is 0 Å². The molecule has 0 spiro atoms. The molecule has 0 aromatic rings. The molecule has 1 aliphatic heterocycles. The topological polar surface area (TPSA) is 29.5 Å². The largest absolute Gasteiger partial charge is 0.466 e. The maximum atomic E-state index is 12.2. The van der Waals surface area contributed by atoms with Gasteiger partial charge < -0.3 is 4.74 Å². The molecule has 1 unspecified atom stereocenters. The molecular formula is C18H33NO2. The number of carbonyl (C=O) groups is 1. The van der Waals surface area contributed by atoms with Crippen LogP contribution in [0.15, 0.2) is 0 Å². The number of carbonyl (C=O) groups excluding carboxylic acids is 1. The fraction of sp³-hybridized carbons (Fsp3) is 0.944. The van der Waals surface area contributed by atoms with Crippen LogP contribution in [0.2, 0.25) is 0 Å². The summed E-state index contributed by atoms with van der Waals surface area (Å²) < 4.78 is 5.29. The number of hydrogen-bond acceptors (Lipinski definition) is 3. The minimum absolute atomic E-state index is 0.000512. The Labute approximate surface area is 130 Å². The van der Waals surface area contributed by atoms with E-state index in [1.165, 1.54) is 38.5 Å². The molecule has 0 N–H and O–H groups in total. The molecule has 122 valence electrons. The van der Waals surface area contributed by atoms with Crippen LogP contribution < -0.4 is 0 Å². The Bertz CT molecular complexity index is 345. The molecule has 1 heterocycles. The van der Waals surface area contributed by atoms with Gasteiger partial charge in [0.2, 0.25) is 0 Å². The molecule has 1 atom stereocenters. The van der Waals surface area contributed by atoms with Gasteiger partial charge in [0, 0.05) is 5.54 Å². The first-order valence-electron chi connectivity index (χ1n) is 8.88. The molecule has 0 amide bonds. The van der Waals surface area contributed by atoms with E-state index >= 15 is 0 Å². The molecule has 0 aromatic carbocycles. The zero-order valence-electron chi connectivity index (χ0n) is 14.2. The van der Waals surface area contributed by atoms with Crippen LogP contribution in [0.4, 0.5) is 0 Å². The minimum atomic E-state index is -0.000512. The van der Waals surface area contributed by atoms with Crippen molar-refractivity contribution in [3.05, 3.63) is 0 Å². The third-order valence-electron chi connectivity index (χ3n) is 5.36. The van der Waals surface area contributed by atoms with E-state index in [-0.39, 0.29) is 11.5 Å². The van der Waals surface area contributed by atoms with Crippen molar-refractivity contribution < 1.29 is 9.53 Å². The number of rotatable bonds is 4. The number of esters is 1. The monoisotopic (exact) mass is 295 g/mol. The van der Waals surface area contributed by atoms with Gasteiger partial charge >= 0.3 is 5.97 Å². The Morgan fingerprint density at radius 1 is 1.05 bits per heavy atom. The average Bonchev–Trinajstić information content (AvgIpc) is 2.66. The predicted octanol–water partition coefficient (Wildman–Crippen LogP) is 4.15. The Balaban J connectivity index is 2.17. The second-order valence-corrected chi connectivity index (χ2v) is 7.80. The second kappa shape index (κ2) is 7.13. The molecule has 2 fully saturated rings. The normalized spacial score (nSPS) is 30.6. The van der Waals surface area contributed by atoms with Crippen LogP contribution in [0.5, 0.6) is 0 Å². The average molecular weight is 295 g/mol. The Morgan fingerprint density at radius 2 is 1.71 bits per heavy atom. The molecule has 0 aromatic heterocycles. The van der Waals surface area contributed by atoms with Crippen molar-refractivity contribution in [1.29, 1.82) is 0 Å². The third-order valence-corrected chi connectivity index (χ3v) is 5.36. The van der Waals surface area contributed by atoms with Crippen LogP contribution >= 0.6 is 0 Å². The molecule has 2 rings (SSSR count). The summed E-state index contributed by atoms with van der Waals surface area (Å²) in [5, 5.41) is 0. The first kappa shape index (κ1) is 16.8. The van der Waals surface area contributed by atoms with Gasteiger partial charge in [-0.15, -0.1) is 0 Å². The van der Waals surface area contributed by atoms with E-state index in [1.54, 1.807) is 0 Å². The quantitative estimate of drug-likeness (QED) is 0.730. The van der Waals surface area contributed by atoms with Crippen molar-refractivity contribution >= 4 is 5.97 Å². The van der Waals surface area contributed by atoms with Crippen molar-refractivity contribution in [3.8, 4) is 0 Å². The fourth-order valence-electron chi connectivity index (χ4n) is 4.52. The van der Waals surface area contributed by atoms with Crippen molar-refractivity contribution in [3.63, 3.8) is 0 Å². The Morgan fingerprint density at radius 3 is 2.29 bits per heavy atom. The lowest BCUT2D eigenvalue weighted by Gasteiger charge is -2.51. The second-order valence-electron chi connectivity index (χ2n) is 7.80. The molecule has 0 radical (unpaired) electrons. The number of likely N-dealkylation sites (tertiary alicyclic amines) is 1. The van der Waals surface area contributed by atoms with Crippen molar-refractivity contribution in [1.82, 2.24) is 4.90 Å². The molecule has 3 heteroatoms. The van der Waals surface area contributed by atoms with Crippen LogP contribution in [0.1, 0.15) is 78.6 Å². The molecule has 1 saturated heterocycles. The van der Waals surface area contributed by atoms with Crippen LogP contribution in [-0.4, -0.2) is 36.1 Å². The smallest absolute Gasteiger partial charge is 0.307 e.